The lowest BCUT2D eigenvalue weighted by molar-refractivity contribution is -0.146. The number of carbonyl (C=O) groups is 2. The highest BCUT2D eigenvalue weighted by Crippen LogP contribution is 2.19. The largest absolute Gasteiger partial charge is 0.479 e. The average Bonchev–Trinajstić information content (AvgIpc) is 2.66. The normalized spacial score (nSPS) is 13.2. The van der Waals surface area contributed by atoms with E-state index in [0.29, 0.717) is 6.42 Å². The molecule has 0 aliphatic rings. The van der Waals surface area contributed by atoms with Crippen LogP contribution in [0.15, 0.2) is 0 Å². The monoisotopic (exact) mass is 415 g/mol. The smallest absolute Gasteiger partial charge is 0.330 e. The van der Waals surface area contributed by atoms with Crippen LogP contribution in [0.2, 0.25) is 0 Å². The van der Waals surface area contributed by atoms with E-state index in [4.69, 9.17) is 0 Å². The van der Waals surface area contributed by atoms with E-state index in [1.54, 1.807) is 0 Å². The Balaban J connectivity index is 3.52. The van der Waals surface area contributed by atoms with Crippen LogP contribution < -0.4 is 5.32 Å². The molecule has 0 spiro atoms. The van der Waals surface area contributed by atoms with Gasteiger partial charge in [0.2, 0.25) is 5.91 Å². The minimum atomic E-state index is -1.22. The maximum atomic E-state index is 11.5. The first-order valence-corrected chi connectivity index (χ1v) is 12.2. The Bertz CT molecular complexity index is 403. The fourth-order valence-electron chi connectivity index (χ4n) is 3.72. The summed E-state index contributed by atoms with van der Waals surface area (Å²) in [5.41, 5.74) is -1.22. The van der Waals surface area contributed by atoms with E-state index in [1.165, 1.54) is 90.4 Å². The third-order valence-electron chi connectivity index (χ3n) is 5.55. The fourth-order valence-corrected chi connectivity index (χ4v) is 4.09. The number of hydrogen-bond acceptors (Lipinski definition) is 3. The van der Waals surface area contributed by atoms with Gasteiger partial charge in [0.15, 0.2) is 0 Å². The Kier molecular flexibility index (Phi) is 17.9. The van der Waals surface area contributed by atoms with Crippen molar-refractivity contribution in [2.45, 2.75) is 129 Å². The summed E-state index contributed by atoms with van der Waals surface area (Å²) < 4.78 is 0. The molecular weight excluding hydrogens is 370 g/mol. The van der Waals surface area contributed by atoms with Crippen molar-refractivity contribution in [2.75, 3.05) is 5.75 Å². The number of nitrogens with one attached hydrogen (secondary N) is 1. The zero-order valence-corrected chi connectivity index (χ0v) is 19.3. The summed E-state index contributed by atoms with van der Waals surface area (Å²) in [5, 5.41) is 12.0. The van der Waals surface area contributed by atoms with Crippen LogP contribution in [0.1, 0.15) is 123 Å². The quantitative estimate of drug-likeness (QED) is 0.156. The molecule has 4 nitrogen and oxygen atoms in total. The lowest BCUT2D eigenvalue weighted by atomic mass is 9.93. The highest BCUT2D eigenvalue weighted by atomic mass is 32.1. The number of hydrogen-bond donors (Lipinski definition) is 3. The van der Waals surface area contributed by atoms with Gasteiger partial charge in [-0.25, -0.2) is 4.79 Å². The number of carbonyl (C=O) groups excluding carboxylic acids is 1. The summed E-state index contributed by atoms with van der Waals surface area (Å²) in [6.07, 6.45) is 21.1. The molecule has 0 aliphatic heterocycles. The van der Waals surface area contributed by atoms with Crippen LogP contribution in [-0.4, -0.2) is 28.3 Å². The van der Waals surface area contributed by atoms with Crippen LogP contribution >= 0.6 is 12.6 Å². The molecule has 0 heterocycles. The number of rotatable bonds is 20. The maximum Gasteiger partial charge on any atom is 0.330 e. The van der Waals surface area contributed by atoms with E-state index in [0.717, 1.165) is 19.3 Å². The molecule has 0 aromatic carbocycles. The second kappa shape index (κ2) is 18.3. The van der Waals surface area contributed by atoms with Crippen molar-refractivity contribution in [1.82, 2.24) is 5.32 Å². The summed E-state index contributed by atoms with van der Waals surface area (Å²) in [4.78, 5) is 22.8. The standard InChI is InChI=1S/C23H45NO3S/c1-3-4-5-6-7-8-9-10-11-12-13-14-15-16-17-18-19-23(20-28,22(26)27)24-21(2)25/h28H,3-20H2,1-2H3,(H,24,25)(H,26,27). The van der Waals surface area contributed by atoms with Crippen molar-refractivity contribution in [2.24, 2.45) is 0 Å². The van der Waals surface area contributed by atoms with Gasteiger partial charge in [0, 0.05) is 12.7 Å². The highest BCUT2D eigenvalue weighted by molar-refractivity contribution is 7.80. The SMILES string of the molecule is CCCCCCCCCCCCCCCCCCC(CS)(NC(C)=O)C(=O)O. The fraction of sp³-hybridized carbons (Fsp3) is 0.913. The van der Waals surface area contributed by atoms with Gasteiger partial charge in [0.05, 0.1) is 0 Å². The Morgan fingerprint density at radius 2 is 1.11 bits per heavy atom. The molecule has 1 unspecified atom stereocenters. The van der Waals surface area contributed by atoms with Gasteiger partial charge < -0.3 is 10.4 Å². The van der Waals surface area contributed by atoms with Crippen molar-refractivity contribution in [3.63, 3.8) is 0 Å². The van der Waals surface area contributed by atoms with Crippen LogP contribution in [0, 0.1) is 0 Å². The Morgan fingerprint density at radius 3 is 1.39 bits per heavy atom. The number of thiol groups is 1. The van der Waals surface area contributed by atoms with Crippen molar-refractivity contribution in [3.8, 4) is 0 Å². The molecule has 0 rings (SSSR count). The Labute approximate surface area is 179 Å². The number of aliphatic carboxylic acids is 1. The summed E-state index contributed by atoms with van der Waals surface area (Å²) in [7, 11) is 0. The van der Waals surface area contributed by atoms with Gasteiger partial charge in [-0.3, -0.25) is 4.79 Å². The van der Waals surface area contributed by atoms with Crippen LogP contribution in [0.3, 0.4) is 0 Å². The number of carboxylic acid groups (broad SMARTS) is 1. The molecule has 0 saturated carbocycles. The molecule has 0 aliphatic carbocycles. The molecule has 28 heavy (non-hydrogen) atoms. The van der Waals surface area contributed by atoms with E-state index >= 15 is 0 Å². The first kappa shape index (κ1) is 27.3. The van der Waals surface area contributed by atoms with Gasteiger partial charge in [0.25, 0.3) is 0 Å². The molecule has 0 aromatic heterocycles. The molecule has 5 heteroatoms. The molecular formula is C23H45NO3S. The number of amides is 1. The molecule has 0 saturated heterocycles. The summed E-state index contributed by atoms with van der Waals surface area (Å²) >= 11 is 4.15. The average molecular weight is 416 g/mol. The van der Waals surface area contributed by atoms with Crippen molar-refractivity contribution >= 4 is 24.5 Å². The van der Waals surface area contributed by atoms with Crippen molar-refractivity contribution < 1.29 is 14.7 Å². The number of carboxylic acids is 1. The first-order chi connectivity index (χ1) is 13.5. The Hall–Kier alpha value is -0.710. The lowest BCUT2D eigenvalue weighted by Gasteiger charge is -2.28. The predicted octanol–water partition coefficient (Wildman–Crippen LogP) is 6.53. The first-order valence-electron chi connectivity index (χ1n) is 11.6. The molecule has 0 fully saturated rings. The maximum absolute atomic E-state index is 11.5. The molecule has 1 atom stereocenters. The molecule has 0 aromatic rings. The summed E-state index contributed by atoms with van der Waals surface area (Å²) in [6.45, 7) is 3.62. The van der Waals surface area contributed by atoms with E-state index in [-0.39, 0.29) is 11.7 Å². The minimum Gasteiger partial charge on any atom is -0.479 e. The van der Waals surface area contributed by atoms with E-state index < -0.39 is 11.5 Å². The van der Waals surface area contributed by atoms with Gasteiger partial charge >= 0.3 is 5.97 Å². The summed E-state index contributed by atoms with van der Waals surface area (Å²) in [5.74, 6) is -1.17. The second-order valence-corrected chi connectivity index (χ2v) is 8.60. The van der Waals surface area contributed by atoms with Crippen LogP contribution in [-0.2, 0) is 9.59 Å². The minimum absolute atomic E-state index is 0.126. The van der Waals surface area contributed by atoms with E-state index in [1.807, 2.05) is 0 Å². The van der Waals surface area contributed by atoms with Crippen LogP contribution in [0.25, 0.3) is 0 Å². The topological polar surface area (TPSA) is 66.4 Å². The predicted molar refractivity (Wildman–Crippen MR) is 122 cm³/mol. The van der Waals surface area contributed by atoms with Gasteiger partial charge in [-0.2, -0.15) is 12.6 Å². The molecule has 1 amide bonds. The van der Waals surface area contributed by atoms with Gasteiger partial charge in [0.1, 0.15) is 5.54 Å². The van der Waals surface area contributed by atoms with E-state index in [9.17, 15) is 14.7 Å². The van der Waals surface area contributed by atoms with Crippen molar-refractivity contribution in [3.05, 3.63) is 0 Å². The third-order valence-corrected chi connectivity index (χ3v) is 6.09. The van der Waals surface area contributed by atoms with E-state index in [2.05, 4.69) is 24.9 Å². The number of unbranched alkanes of at least 4 members (excludes halogenated alkanes) is 15. The van der Waals surface area contributed by atoms with Gasteiger partial charge in [-0.15, -0.1) is 0 Å². The van der Waals surface area contributed by atoms with Crippen molar-refractivity contribution in [1.29, 1.82) is 0 Å². The van der Waals surface area contributed by atoms with Crippen LogP contribution in [0.5, 0.6) is 0 Å². The zero-order chi connectivity index (χ0) is 21.1. The third kappa shape index (κ3) is 14.3. The van der Waals surface area contributed by atoms with Gasteiger partial charge in [-0.1, -0.05) is 110 Å². The second-order valence-electron chi connectivity index (χ2n) is 8.28. The molecule has 0 bridgehead atoms. The molecule has 2 N–H and O–H groups in total. The molecule has 0 radical (unpaired) electrons. The zero-order valence-electron chi connectivity index (χ0n) is 18.4. The molecule has 166 valence electrons. The summed E-state index contributed by atoms with van der Waals surface area (Å²) in [6, 6.07) is 0. The van der Waals surface area contributed by atoms with Crippen LogP contribution in [0.4, 0.5) is 0 Å². The highest BCUT2D eigenvalue weighted by Gasteiger charge is 2.37. The Morgan fingerprint density at radius 1 is 0.750 bits per heavy atom. The lowest BCUT2D eigenvalue weighted by Crippen LogP contribution is -2.55. The van der Waals surface area contributed by atoms with Gasteiger partial charge in [-0.05, 0) is 6.42 Å².